The van der Waals surface area contributed by atoms with E-state index in [9.17, 15) is 34.2 Å². The van der Waals surface area contributed by atoms with E-state index in [0.717, 1.165) is 6.92 Å². The Morgan fingerprint density at radius 1 is 0.854 bits per heavy atom. The minimum atomic E-state index is -2.15. The van der Waals surface area contributed by atoms with Gasteiger partial charge in [-0.1, -0.05) is 39.0 Å². The second kappa shape index (κ2) is 12.3. The van der Waals surface area contributed by atoms with Crippen LogP contribution in [-0.4, -0.2) is 94.5 Å². The van der Waals surface area contributed by atoms with Crippen LogP contribution < -0.4 is 0 Å². The summed E-state index contributed by atoms with van der Waals surface area (Å²) >= 11 is 0. The van der Waals surface area contributed by atoms with E-state index >= 15 is 0 Å². The maximum atomic E-state index is 14.0. The van der Waals surface area contributed by atoms with Crippen LogP contribution in [0.25, 0.3) is 0 Å². The maximum Gasteiger partial charge on any atom is 0.338 e. The lowest BCUT2D eigenvalue weighted by atomic mass is 9.44. The number of hydrogen-bond acceptors (Lipinski definition) is 13. The van der Waals surface area contributed by atoms with Crippen molar-refractivity contribution < 1.29 is 62.6 Å². The van der Waals surface area contributed by atoms with E-state index in [1.54, 1.807) is 45.9 Å². The molecule has 4 aliphatic rings. The Kier molecular flexibility index (Phi) is 9.07. The van der Waals surface area contributed by atoms with Crippen LogP contribution in [0.1, 0.15) is 78.6 Å². The van der Waals surface area contributed by atoms with Crippen LogP contribution in [0.3, 0.4) is 0 Å². The van der Waals surface area contributed by atoms with Crippen LogP contribution in [0.15, 0.2) is 41.5 Å². The molecule has 2 bridgehead atoms. The fraction of sp³-hybridized carbons (Fsp3) is 0.629. The molecule has 3 aliphatic carbocycles. The Hall–Kier alpha value is -3.81. The minimum absolute atomic E-state index is 0.0427. The molecule has 48 heavy (non-hydrogen) atoms. The van der Waals surface area contributed by atoms with Crippen LogP contribution in [0, 0.1) is 16.7 Å². The van der Waals surface area contributed by atoms with Gasteiger partial charge in [0.1, 0.15) is 36.1 Å². The predicted molar refractivity (Wildman–Crippen MR) is 165 cm³/mol. The van der Waals surface area contributed by atoms with E-state index in [0.29, 0.717) is 5.57 Å². The highest BCUT2D eigenvalue weighted by atomic mass is 16.6. The molecule has 262 valence electrons. The Balaban J connectivity index is 1.89. The van der Waals surface area contributed by atoms with Gasteiger partial charge >= 0.3 is 29.8 Å². The van der Waals surface area contributed by atoms with Crippen molar-refractivity contribution >= 4 is 29.8 Å². The number of aliphatic hydroxyl groups is 2. The monoisotopic (exact) mass is 672 g/mol. The van der Waals surface area contributed by atoms with E-state index in [2.05, 4.69) is 0 Å². The lowest BCUT2D eigenvalue weighted by Gasteiger charge is -2.69. The van der Waals surface area contributed by atoms with Gasteiger partial charge in [0.05, 0.1) is 18.1 Å². The summed E-state index contributed by atoms with van der Waals surface area (Å²) < 4.78 is 35.9. The van der Waals surface area contributed by atoms with E-state index in [1.165, 1.54) is 32.9 Å². The molecule has 2 saturated carbocycles. The van der Waals surface area contributed by atoms with E-state index in [4.69, 9.17) is 28.4 Å². The summed E-state index contributed by atoms with van der Waals surface area (Å²) in [5.74, 6) is -5.00. The molecule has 0 aromatic heterocycles. The van der Waals surface area contributed by atoms with Crippen LogP contribution >= 0.6 is 0 Å². The number of hydrogen-bond donors (Lipinski definition) is 2. The molecule has 1 aliphatic heterocycles. The highest BCUT2D eigenvalue weighted by molar-refractivity contribution is 5.89. The summed E-state index contributed by atoms with van der Waals surface area (Å²) in [6.45, 7) is 11.1. The number of aliphatic hydroxyl groups excluding tert-OH is 1. The van der Waals surface area contributed by atoms with Gasteiger partial charge in [-0.05, 0) is 30.2 Å². The molecule has 1 heterocycles. The summed E-state index contributed by atoms with van der Waals surface area (Å²) in [5.41, 5.74) is -6.15. The van der Waals surface area contributed by atoms with E-state index in [1.807, 2.05) is 0 Å². The zero-order valence-electron chi connectivity index (χ0n) is 28.4. The lowest BCUT2D eigenvalue weighted by molar-refractivity contribution is -0.365. The van der Waals surface area contributed by atoms with Crippen molar-refractivity contribution in [3.05, 3.63) is 47.0 Å². The van der Waals surface area contributed by atoms with Crippen molar-refractivity contribution in [2.24, 2.45) is 16.7 Å². The molecule has 0 radical (unpaired) electrons. The molecule has 0 spiro atoms. The molecular weight excluding hydrogens is 628 g/mol. The SMILES string of the molecule is CC(=O)O[C@H]1C[C@@]2(O)[C@@H](OC(=O)c3ccccc3)C3[C@@](C)([C@@H](OC(C)=O)C[C@H]4OC[C@@]34OC(C)=O)[C@@H](O)[C@H](OC(C)=O)C(=C1C)C2(C)C. The predicted octanol–water partition coefficient (Wildman–Crippen LogP) is 2.59. The first-order chi connectivity index (χ1) is 22.3. The number of ether oxygens (including phenoxy) is 6. The van der Waals surface area contributed by atoms with Gasteiger partial charge in [-0.25, -0.2) is 4.79 Å². The van der Waals surface area contributed by atoms with Crippen molar-refractivity contribution in [3.63, 3.8) is 0 Å². The number of carbonyl (C=O) groups excluding carboxylic acids is 5. The molecule has 2 N–H and O–H groups in total. The largest absolute Gasteiger partial charge is 0.462 e. The normalized spacial score (nSPS) is 38.0. The maximum absolute atomic E-state index is 14.0. The minimum Gasteiger partial charge on any atom is -0.462 e. The Labute approximate surface area is 278 Å². The van der Waals surface area contributed by atoms with Gasteiger partial charge in [0, 0.05) is 51.4 Å². The summed E-state index contributed by atoms with van der Waals surface area (Å²) in [6, 6.07) is 8.05. The smallest absolute Gasteiger partial charge is 0.338 e. The van der Waals surface area contributed by atoms with Gasteiger partial charge in [-0.3, -0.25) is 19.2 Å². The molecule has 10 atom stereocenters. The number of benzene rings is 1. The molecule has 1 unspecified atom stereocenters. The number of fused-ring (bicyclic) bond motifs is 5. The van der Waals surface area contributed by atoms with E-state index in [-0.39, 0.29) is 30.6 Å². The van der Waals surface area contributed by atoms with Crippen molar-refractivity contribution in [3.8, 4) is 0 Å². The molecule has 13 heteroatoms. The average molecular weight is 673 g/mol. The van der Waals surface area contributed by atoms with E-state index < -0.39 is 94.4 Å². The molecule has 3 fully saturated rings. The number of carbonyl (C=O) groups is 5. The number of esters is 5. The Bertz CT molecular complexity index is 1530. The molecule has 5 rings (SSSR count). The topological polar surface area (TPSA) is 181 Å². The molecule has 1 aromatic carbocycles. The summed E-state index contributed by atoms with van der Waals surface area (Å²) in [6.07, 6.45) is -8.33. The average Bonchev–Trinajstić information content (AvgIpc) is 2.97. The van der Waals surface area contributed by atoms with Gasteiger partial charge in [-0.2, -0.15) is 0 Å². The first-order valence-corrected chi connectivity index (χ1v) is 16.0. The highest BCUT2D eigenvalue weighted by Crippen LogP contribution is 2.65. The Morgan fingerprint density at radius 3 is 1.98 bits per heavy atom. The summed E-state index contributed by atoms with van der Waals surface area (Å²) in [4.78, 5) is 64.6. The van der Waals surface area contributed by atoms with Gasteiger partial charge in [-0.15, -0.1) is 0 Å². The Morgan fingerprint density at radius 2 is 1.46 bits per heavy atom. The van der Waals surface area contributed by atoms with Crippen LogP contribution in [0.5, 0.6) is 0 Å². The third-order valence-corrected chi connectivity index (χ3v) is 11.0. The molecule has 1 aromatic rings. The fourth-order valence-corrected chi connectivity index (χ4v) is 8.81. The van der Waals surface area contributed by atoms with Crippen LogP contribution in [-0.2, 0) is 47.6 Å². The zero-order valence-corrected chi connectivity index (χ0v) is 28.4. The highest BCUT2D eigenvalue weighted by Gasteiger charge is 2.78. The van der Waals surface area contributed by atoms with Crippen molar-refractivity contribution in [1.82, 2.24) is 0 Å². The first-order valence-electron chi connectivity index (χ1n) is 16.0. The van der Waals surface area contributed by atoms with Gasteiger partial charge in [0.15, 0.2) is 11.7 Å². The standard InChI is InChI=1S/C35H44O13/c1-17-23(44-18(2)36)15-35(42)30(47-31(41)22-12-10-9-11-13-22)28-33(8,29(40)27(46-20(4)38)26(17)32(35,6)7)24(45-19(3)37)14-25-34(28,16-43-25)48-21(5)39/h9-13,23-25,27-30,40,42H,14-16H2,1-8H3/t23-,24-,25+,27+,28?,29-,30-,33+,34-,35+/m0/s1. The second-order valence-corrected chi connectivity index (χ2v) is 14.1. The third-order valence-electron chi connectivity index (χ3n) is 11.0. The fourth-order valence-electron chi connectivity index (χ4n) is 8.81. The summed E-state index contributed by atoms with van der Waals surface area (Å²) in [5, 5.41) is 26.0. The first kappa shape index (κ1) is 35.5. The van der Waals surface area contributed by atoms with Gasteiger partial charge in [0.2, 0.25) is 0 Å². The molecule has 13 nitrogen and oxygen atoms in total. The quantitative estimate of drug-likeness (QED) is 0.256. The number of rotatable bonds is 6. The van der Waals surface area contributed by atoms with Crippen molar-refractivity contribution in [1.29, 1.82) is 0 Å². The lowest BCUT2D eigenvalue weighted by Crippen LogP contribution is -2.82. The van der Waals surface area contributed by atoms with Crippen molar-refractivity contribution in [2.75, 3.05) is 6.61 Å². The molecule has 0 amide bonds. The van der Waals surface area contributed by atoms with Gasteiger partial charge < -0.3 is 38.6 Å². The molecular formula is C35H44O13. The second-order valence-electron chi connectivity index (χ2n) is 14.1. The summed E-state index contributed by atoms with van der Waals surface area (Å²) in [7, 11) is 0. The van der Waals surface area contributed by atoms with Crippen molar-refractivity contribution in [2.45, 2.75) is 116 Å². The van der Waals surface area contributed by atoms with Crippen LogP contribution in [0.2, 0.25) is 0 Å². The third kappa shape index (κ3) is 5.39. The van der Waals surface area contributed by atoms with Gasteiger partial charge in [0.25, 0.3) is 0 Å². The molecule has 1 saturated heterocycles. The van der Waals surface area contributed by atoms with Crippen LogP contribution in [0.4, 0.5) is 0 Å². The zero-order chi connectivity index (χ0) is 35.6.